The SMILES string of the molecule is CCN(CC)c1ccc(C2(N(C)c3ccccc3)OC(=O)c3ccccc32)cc1. The number of hydrogen-bond acceptors (Lipinski definition) is 4. The highest BCUT2D eigenvalue weighted by Crippen LogP contribution is 2.46. The maximum atomic E-state index is 12.8. The summed E-state index contributed by atoms with van der Waals surface area (Å²) in [5.74, 6) is -0.295. The average molecular weight is 386 g/mol. The normalized spacial score (nSPS) is 17.6. The molecule has 29 heavy (non-hydrogen) atoms. The number of benzene rings is 3. The summed E-state index contributed by atoms with van der Waals surface area (Å²) in [6, 6.07) is 26.0. The Morgan fingerprint density at radius 1 is 0.793 bits per heavy atom. The number of esters is 1. The van der Waals surface area contributed by atoms with Gasteiger partial charge in [0, 0.05) is 42.6 Å². The highest BCUT2D eigenvalue weighted by Gasteiger charge is 2.50. The van der Waals surface area contributed by atoms with E-state index in [0.717, 1.165) is 35.6 Å². The van der Waals surface area contributed by atoms with Gasteiger partial charge in [0.05, 0.1) is 5.56 Å². The van der Waals surface area contributed by atoms with Crippen molar-refractivity contribution < 1.29 is 9.53 Å². The van der Waals surface area contributed by atoms with Gasteiger partial charge in [-0.2, -0.15) is 0 Å². The summed E-state index contributed by atoms with van der Waals surface area (Å²) < 4.78 is 6.15. The summed E-state index contributed by atoms with van der Waals surface area (Å²) >= 11 is 0. The third-order valence-electron chi connectivity index (χ3n) is 5.76. The van der Waals surface area contributed by atoms with Crippen LogP contribution in [0.1, 0.15) is 35.3 Å². The Balaban J connectivity index is 1.88. The van der Waals surface area contributed by atoms with E-state index >= 15 is 0 Å². The fourth-order valence-electron chi connectivity index (χ4n) is 4.18. The molecule has 1 atom stereocenters. The third-order valence-corrected chi connectivity index (χ3v) is 5.76. The lowest BCUT2D eigenvalue weighted by molar-refractivity contribution is 0.0112. The lowest BCUT2D eigenvalue weighted by Crippen LogP contribution is -2.45. The molecule has 0 saturated heterocycles. The number of para-hydroxylation sites is 1. The van der Waals surface area contributed by atoms with Crippen LogP contribution in [0, 0.1) is 0 Å². The van der Waals surface area contributed by atoms with Crippen LogP contribution < -0.4 is 9.80 Å². The Labute approximate surface area is 172 Å². The van der Waals surface area contributed by atoms with Crippen molar-refractivity contribution in [1.82, 2.24) is 0 Å². The molecule has 3 aromatic carbocycles. The van der Waals surface area contributed by atoms with Gasteiger partial charge >= 0.3 is 5.97 Å². The number of nitrogens with zero attached hydrogens (tertiary/aromatic N) is 2. The van der Waals surface area contributed by atoms with Crippen LogP contribution in [0.4, 0.5) is 11.4 Å². The third kappa shape index (κ3) is 3.05. The second-order valence-electron chi connectivity index (χ2n) is 7.19. The summed E-state index contributed by atoms with van der Waals surface area (Å²) in [4.78, 5) is 17.1. The number of hydrogen-bond donors (Lipinski definition) is 0. The molecule has 0 fully saturated rings. The van der Waals surface area contributed by atoms with Gasteiger partial charge in [-0.25, -0.2) is 4.79 Å². The van der Waals surface area contributed by atoms with E-state index in [-0.39, 0.29) is 5.97 Å². The van der Waals surface area contributed by atoms with Crippen LogP contribution in [0.2, 0.25) is 0 Å². The Kier molecular flexibility index (Phi) is 5.01. The van der Waals surface area contributed by atoms with E-state index in [4.69, 9.17) is 4.74 Å². The number of anilines is 2. The van der Waals surface area contributed by atoms with Crippen LogP contribution in [0.3, 0.4) is 0 Å². The van der Waals surface area contributed by atoms with Gasteiger partial charge in [-0.15, -0.1) is 0 Å². The summed E-state index contributed by atoms with van der Waals surface area (Å²) in [5.41, 5.74) is 3.54. The summed E-state index contributed by atoms with van der Waals surface area (Å²) in [6.45, 7) is 6.19. The van der Waals surface area contributed by atoms with E-state index in [2.05, 4.69) is 43.0 Å². The van der Waals surface area contributed by atoms with Crippen LogP contribution in [-0.4, -0.2) is 26.1 Å². The zero-order valence-corrected chi connectivity index (χ0v) is 17.1. The second kappa shape index (κ2) is 7.63. The molecule has 1 heterocycles. The van der Waals surface area contributed by atoms with Crippen LogP contribution in [0.5, 0.6) is 0 Å². The number of ether oxygens (including phenoxy) is 1. The van der Waals surface area contributed by atoms with E-state index in [1.807, 2.05) is 66.5 Å². The molecule has 0 bridgehead atoms. The minimum Gasteiger partial charge on any atom is -0.426 e. The molecule has 4 nitrogen and oxygen atoms in total. The van der Waals surface area contributed by atoms with Crippen molar-refractivity contribution in [1.29, 1.82) is 0 Å². The predicted molar refractivity (Wildman–Crippen MR) is 117 cm³/mol. The lowest BCUT2D eigenvalue weighted by Gasteiger charge is -2.39. The minimum absolute atomic E-state index is 0.295. The standard InChI is InChI=1S/C25H26N2O2/c1-4-27(5-2)21-17-15-19(16-18-21)25(26(3)20-11-7-6-8-12-20)23-14-10-9-13-22(23)24(28)29-25/h6-18H,4-5H2,1-3H3. The van der Waals surface area contributed by atoms with Crippen LogP contribution >= 0.6 is 0 Å². The highest BCUT2D eigenvalue weighted by molar-refractivity contribution is 5.96. The van der Waals surface area contributed by atoms with Crippen molar-refractivity contribution in [2.75, 3.05) is 29.9 Å². The van der Waals surface area contributed by atoms with E-state index in [0.29, 0.717) is 5.56 Å². The first-order valence-corrected chi connectivity index (χ1v) is 10.1. The Bertz CT molecular complexity index is 997. The van der Waals surface area contributed by atoms with Gasteiger partial charge in [-0.1, -0.05) is 48.5 Å². The largest absolute Gasteiger partial charge is 0.426 e. The molecular weight excluding hydrogens is 360 g/mol. The maximum absolute atomic E-state index is 12.8. The lowest BCUT2D eigenvalue weighted by atomic mass is 9.91. The topological polar surface area (TPSA) is 32.8 Å². The molecule has 0 N–H and O–H groups in total. The molecule has 0 radical (unpaired) electrons. The van der Waals surface area contributed by atoms with Crippen molar-refractivity contribution in [3.8, 4) is 0 Å². The molecule has 1 aliphatic rings. The minimum atomic E-state index is -1.00. The molecule has 4 heteroatoms. The van der Waals surface area contributed by atoms with E-state index in [9.17, 15) is 4.79 Å². The molecule has 0 aromatic heterocycles. The van der Waals surface area contributed by atoms with E-state index in [1.165, 1.54) is 0 Å². The molecule has 3 aromatic rings. The number of rotatable bonds is 6. The molecule has 0 spiro atoms. The zero-order chi connectivity index (χ0) is 20.4. The molecule has 148 valence electrons. The van der Waals surface area contributed by atoms with Crippen LogP contribution in [-0.2, 0) is 10.5 Å². The van der Waals surface area contributed by atoms with Crippen LogP contribution in [0.15, 0.2) is 78.9 Å². The van der Waals surface area contributed by atoms with Gasteiger partial charge in [-0.05, 0) is 44.2 Å². The van der Waals surface area contributed by atoms with Crippen molar-refractivity contribution in [3.63, 3.8) is 0 Å². The monoisotopic (exact) mass is 386 g/mol. The van der Waals surface area contributed by atoms with E-state index in [1.54, 1.807) is 0 Å². The molecule has 0 saturated carbocycles. The molecule has 1 aliphatic heterocycles. The van der Waals surface area contributed by atoms with E-state index < -0.39 is 5.72 Å². The zero-order valence-electron chi connectivity index (χ0n) is 17.1. The first-order valence-electron chi connectivity index (χ1n) is 10.1. The molecule has 1 unspecified atom stereocenters. The van der Waals surface area contributed by atoms with Crippen molar-refractivity contribution >= 4 is 17.3 Å². The fourth-order valence-corrected chi connectivity index (χ4v) is 4.18. The summed E-state index contributed by atoms with van der Waals surface area (Å²) in [6.07, 6.45) is 0. The molecule has 4 rings (SSSR count). The number of carbonyl (C=O) groups is 1. The highest BCUT2D eigenvalue weighted by atomic mass is 16.6. The fraction of sp³-hybridized carbons (Fsp3) is 0.240. The first-order chi connectivity index (χ1) is 14.1. The van der Waals surface area contributed by atoms with Gasteiger partial charge in [0.2, 0.25) is 5.72 Å². The average Bonchev–Trinajstić information content (AvgIpc) is 3.09. The quantitative estimate of drug-likeness (QED) is 0.556. The Morgan fingerprint density at radius 2 is 1.41 bits per heavy atom. The molecule has 0 amide bonds. The number of cyclic esters (lactones) is 1. The number of fused-ring (bicyclic) bond motifs is 1. The van der Waals surface area contributed by atoms with Crippen molar-refractivity contribution in [2.24, 2.45) is 0 Å². The predicted octanol–water partition coefficient (Wildman–Crippen LogP) is 5.04. The molecular formula is C25H26N2O2. The van der Waals surface area contributed by atoms with Gasteiger partial charge in [-0.3, -0.25) is 0 Å². The summed E-state index contributed by atoms with van der Waals surface area (Å²) in [5, 5.41) is 0. The smallest absolute Gasteiger partial charge is 0.341 e. The van der Waals surface area contributed by atoms with Crippen molar-refractivity contribution in [2.45, 2.75) is 19.6 Å². The molecule has 0 aliphatic carbocycles. The van der Waals surface area contributed by atoms with Gasteiger partial charge in [0.25, 0.3) is 0 Å². The van der Waals surface area contributed by atoms with Gasteiger partial charge in [0.1, 0.15) is 0 Å². The maximum Gasteiger partial charge on any atom is 0.341 e. The van der Waals surface area contributed by atoms with Gasteiger partial charge < -0.3 is 14.5 Å². The van der Waals surface area contributed by atoms with Crippen LogP contribution in [0.25, 0.3) is 0 Å². The Morgan fingerprint density at radius 3 is 2.07 bits per heavy atom. The number of carbonyl (C=O) groups excluding carboxylic acids is 1. The van der Waals surface area contributed by atoms with Crippen molar-refractivity contribution in [3.05, 3.63) is 95.6 Å². The van der Waals surface area contributed by atoms with Gasteiger partial charge in [0.15, 0.2) is 0 Å². The second-order valence-corrected chi connectivity index (χ2v) is 7.19. The first kappa shape index (κ1) is 19.1. The summed E-state index contributed by atoms with van der Waals surface area (Å²) in [7, 11) is 1.98. The Hall–Kier alpha value is -3.27.